The number of hydrogen-bond donors (Lipinski definition) is 4. The van der Waals surface area contributed by atoms with Gasteiger partial charge in [0.2, 0.25) is 0 Å². The predicted molar refractivity (Wildman–Crippen MR) is 147 cm³/mol. The smallest absolute Gasteiger partial charge is 0.161 e. The molecule has 12 heteroatoms. The number of pyridine rings is 2. The summed E-state index contributed by atoms with van der Waals surface area (Å²) in [5.74, 6) is 0.145. The lowest BCUT2D eigenvalue weighted by molar-refractivity contribution is 0.276. The molecular formula is C27H27FN10O. The number of aryl methyl sites for hydroxylation is 1. The van der Waals surface area contributed by atoms with Gasteiger partial charge in [-0.1, -0.05) is 0 Å². The molecule has 0 amide bonds. The Kier molecular flexibility index (Phi) is 6.25. The van der Waals surface area contributed by atoms with E-state index in [1.165, 1.54) is 12.1 Å². The number of halogens is 1. The summed E-state index contributed by atoms with van der Waals surface area (Å²) in [4.78, 5) is 19.6. The summed E-state index contributed by atoms with van der Waals surface area (Å²) in [6.07, 6.45) is 3.49. The molecule has 5 heterocycles. The maximum absolute atomic E-state index is 14.6. The molecule has 1 aromatic carbocycles. The number of fused-ring (bicyclic) bond motifs is 2. The number of aromatic amines is 2. The molecule has 6 aromatic rings. The topological polar surface area (TPSA) is 136 Å². The van der Waals surface area contributed by atoms with E-state index in [4.69, 9.17) is 9.97 Å². The van der Waals surface area contributed by atoms with Crippen molar-refractivity contribution in [3.05, 3.63) is 60.3 Å². The van der Waals surface area contributed by atoms with Crippen LogP contribution in [0.3, 0.4) is 0 Å². The van der Waals surface area contributed by atoms with Crippen molar-refractivity contribution in [2.45, 2.75) is 6.61 Å². The van der Waals surface area contributed by atoms with Gasteiger partial charge >= 0.3 is 0 Å². The number of benzene rings is 1. The number of aromatic nitrogens is 8. The largest absolute Gasteiger partial charge is 0.390 e. The normalized spacial score (nSPS) is 11.7. The van der Waals surface area contributed by atoms with Crippen LogP contribution in [0.5, 0.6) is 0 Å². The molecule has 0 bridgehead atoms. The van der Waals surface area contributed by atoms with Gasteiger partial charge in [0.05, 0.1) is 34.7 Å². The monoisotopic (exact) mass is 526 g/mol. The summed E-state index contributed by atoms with van der Waals surface area (Å²) in [7, 11) is 5.77. The fourth-order valence-electron chi connectivity index (χ4n) is 4.59. The van der Waals surface area contributed by atoms with Crippen molar-refractivity contribution in [3.63, 3.8) is 0 Å². The molecule has 0 saturated heterocycles. The van der Waals surface area contributed by atoms with Crippen LogP contribution in [0.25, 0.3) is 56.1 Å². The first-order valence-corrected chi connectivity index (χ1v) is 12.4. The van der Waals surface area contributed by atoms with Gasteiger partial charge in [-0.3, -0.25) is 14.8 Å². The minimum atomic E-state index is -0.359. The van der Waals surface area contributed by atoms with Crippen LogP contribution in [-0.4, -0.2) is 77.1 Å². The van der Waals surface area contributed by atoms with Gasteiger partial charge in [0, 0.05) is 49.3 Å². The molecule has 6 rings (SSSR count). The third-order valence-electron chi connectivity index (χ3n) is 6.42. The summed E-state index contributed by atoms with van der Waals surface area (Å²) in [6, 6.07) is 10.4. The van der Waals surface area contributed by atoms with E-state index in [1.807, 2.05) is 44.6 Å². The van der Waals surface area contributed by atoms with Gasteiger partial charge in [-0.25, -0.2) is 14.4 Å². The second-order valence-electron chi connectivity index (χ2n) is 9.59. The van der Waals surface area contributed by atoms with Crippen molar-refractivity contribution in [3.8, 4) is 34.0 Å². The molecule has 0 fully saturated rings. The van der Waals surface area contributed by atoms with E-state index < -0.39 is 0 Å². The molecule has 0 spiro atoms. The molecule has 5 aromatic heterocycles. The highest BCUT2D eigenvalue weighted by Gasteiger charge is 2.19. The zero-order valence-corrected chi connectivity index (χ0v) is 21.7. The quantitative estimate of drug-likeness (QED) is 0.236. The molecule has 198 valence electrons. The molecule has 4 N–H and O–H groups in total. The summed E-state index contributed by atoms with van der Waals surface area (Å²) < 4.78 is 16.2. The van der Waals surface area contributed by atoms with Gasteiger partial charge in [0.25, 0.3) is 0 Å². The number of likely N-dealkylation sites (N-methyl/N-ethyl adjacent to an activating group) is 1. The summed E-state index contributed by atoms with van der Waals surface area (Å²) in [6.45, 7) is 1.30. The van der Waals surface area contributed by atoms with Crippen LogP contribution in [0.2, 0.25) is 0 Å². The van der Waals surface area contributed by atoms with Gasteiger partial charge in [0.15, 0.2) is 11.5 Å². The van der Waals surface area contributed by atoms with E-state index in [0.29, 0.717) is 57.4 Å². The maximum atomic E-state index is 14.6. The first-order chi connectivity index (χ1) is 18.9. The van der Waals surface area contributed by atoms with Crippen molar-refractivity contribution < 1.29 is 9.50 Å². The van der Waals surface area contributed by atoms with E-state index in [-0.39, 0.29) is 12.4 Å². The fraction of sp³-hybridized carbons (Fsp3) is 0.222. The number of nitrogens with one attached hydrogen (secondary N) is 3. The molecule has 0 radical (unpaired) electrons. The van der Waals surface area contributed by atoms with Crippen LogP contribution in [0, 0.1) is 5.82 Å². The lowest BCUT2D eigenvalue weighted by Gasteiger charge is -2.12. The SMILES string of the molecule is CN(C)CCNc1cc(F)cc(-c2nccc3[nH]c(-c4n[nH]c5ccc(-c6cn(C)nc6CO)nc45)nc23)c1. The molecule has 0 aliphatic rings. The van der Waals surface area contributed by atoms with E-state index in [0.717, 1.165) is 23.1 Å². The number of rotatable bonds is 8. The molecule has 0 unspecified atom stereocenters. The standard InChI is InChI=1S/C27H27FN10O/c1-37(2)9-8-29-17-11-15(10-16(28)12-17)23-24-20(6-7-30-23)32-27(33-24)26-25-21(34-35-26)5-4-19(31-25)18-13-38(3)36-22(18)14-39/h4-7,10-13,29,39H,8-9,14H2,1-3H3,(H,32,33)(H,34,35). The number of aliphatic hydroxyl groups excluding tert-OH is 1. The number of nitrogens with zero attached hydrogens (tertiary/aromatic N) is 7. The maximum Gasteiger partial charge on any atom is 0.161 e. The minimum absolute atomic E-state index is 0.194. The molecule has 0 atom stereocenters. The van der Waals surface area contributed by atoms with Crippen LogP contribution in [0.1, 0.15) is 5.69 Å². The number of aliphatic hydroxyl groups is 1. The van der Waals surface area contributed by atoms with E-state index in [1.54, 1.807) is 17.9 Å². The van der Waals surface area contributed by atoms with Crippen LogP contribution < -0.4 is 5.32 Å². The Labute approximate surface area is 222 Å². The van der Waals surface area contributed by atoms with Crippen LogP contribution in [0.15, 0.2) is 48.8 Å². The van der Waals surface area contributed by atoms with E-state index in [9.17, 15) is 9.50 Å². The zero-order valence-electron chi connectivity index (χ0n) is 21.7. The summed E-state index contributed by atoms with van der Waals surface area (Å²) in [5, 5.41) is 24.8. The summed E-state index contributed by atoms with van der Waals surface area (Å²) in [5.41, 5.74) is 7.02. The van der Waals surface area contributed by atoms with Crippen molar-refractivity contribution in [2.75, 3.05) is 32.5 Å². The molecule has 39 heavy (non-hydrogen) atoms. The van der Waals surface area contributed by atoms with Gasteiger partial charge in [0.1, 0.15) is 16.9 Å². The zero-order chi connectivity index (χ0) is 27.1. The second-order valence-corrected chi connectivity index (χ2v) is 9.59. The molecule has 11 nitrogen and oxygen atoms in total. The number of hydrogen-bond acceptors (Lipinski definition) is 8. The lowest BCUT2D eigenvalue weighted by Crippen LogP contribution is -2.20. The fourth-order valence-corrected chi connectivity index (χ4v) is 4.59. The van der Waals surface area contributed by atoms with Gasteiger partial charge in [-0.05, 0) is 50.5 Å². The first-order valence-electron chi connectivity index (χ1n) is 12.4. The Hall–Kier alpha value is -4.68. The average molecular weight is 527 g/mol. The van der Waals surface area contributed by atoms with Crippen molar-refractivity contribution in [2.24, 2.45) is 7.05 Å². The Morgan fingerprint density at radius 3 is 2.72 bits per heavy atom. The highest BCUT2D eigenvalue weighted by atomic mass is 19.1. The van der Waals surface area contributed by atoms with Crippen molar-refractivity contribution in [1.82, 2.24) is 44.8 Å². The Morgan fingerprint density at radius 1 is 1.05 bits per heavy atom. The summed E-state index contributed by atoms with van der Waals surface area (Å²) >= 11 is 0. The molecule has 0 aliphatic heterocycles. The van der Waals surface area contributed by atoms with Crippen LogP contribution in [-0.2, 0) is 13.7 Å². The highest BCUT2D eigenvalue weighted by molar-refractivity contribution is 5.95. The third-order valence-corrected chi connectivity index (χ3v) is 6.42. The molecular weight excluding hydrogens is 499 g/mol. The van der Waals surface area contributed by atoms with E-state index in [2.05, 4.69) is 35.5 Å². The van der Waals surface area contributed by atoms with Gasteiger partial charge < -0.3 is 20.3 Å². The average Bonchev–Trinajstić information content (AvgIpc) is 3.63. The second kappa shape index (κ2) is 9.89. The molecule has 0 saturated carbocycles. The van der Waals surface area contributed by atoms with Gasteiger partial charge in [-0.15, -0.1) is 0 Å². The predicted octanol–water partition coefficient (Wildman–Crippen LogP) is 3.57. The highest BCUT2D eigenvalue weighted by Crippen LogP contribution is 2.32. The Bertz CT molecular complexity index is 1800. The van der Waals surface area contributed by atoms with E-state index >= 15 is 0 Å². The van der Waals surface area contributed by atoms with Crippen molar-refractivity contribution in [1.29, 1.82) is 0 Å². The third kappa shape index (κ3) is 4.71. The Morgan fingerprint density at radius 2 is 1.90 bits per heavy atom. The number of H-pyrrole nitrogens is 2. The first kappa shape index (κ1) is 24.6. The molecule has 0 aliphatic carbocycles. The van der Waals surface area contributed by atoms with Gasteiger partial charge in [-0.2, -0.15) is 10.2 Å². The Balaban J connectivity index is 1.41. The van der Waals surface area contributed by atoms with Crippen LogP contribution >= 0.6 is 0 Å². The minimum Gasteiger partial charge on any atom is -0.390 e. The van der Waals surface area contributed by atoms with Crippen molar-refractivity contribution >= 4 is 27.8 Å². The number of imidazole rings is 1. The van der Waals surface area contributed by atoms with Crippen LogP contribution in [0.4, 0.5) is 10.1 Å². The lowest BCUT2D eigenvalue weighted by atomic mass is 10.1. The number of anilines is 1.